The molecule has 0 unspecified atom stereocenters. The zero-order valence-electron chi connectivity index (χ0n) is 19.2. The van der Waals surface area contributed by atoms with E-state index in [-0.39, 0.29) is 12.1 Å². The van der Waals surface area contributed by atoms with Crippen LogP contribution in [0.25, 0.3) is 5.69 Å². The van der Waals surface area contributed by atoms with Crippen molar-refractivity contribution >= 4 is 34.6 Å². The maximum Gasteiger partial charge on any atom is 0.174 e. The van der Waals surface area contributed by atoms with Gasteiger partial charge in [0, 0.05) is 28.3 Å². The topological polar surface area (TPSA) is 42.3 Å². The number of anilines is 1. The van der Waals surface area contributed by atoms with Gasteiger partial charge in [-0.3, -0.25) is 4.98 Å². The van der Waals surface area contributed by atoms with Crippen molar-refractivity contribution in [3.63, 3.8) is 0 Å². The normalized spacial score (nSPS) is 17.6. The first kappa shape index (κ1) is 22.4. The van der Waals surface area contributed by atoms with Crippen LogP contribution in [0, 0.1) is 13.8 Å². The van der Waals surface area contributed by atoms with Crippen LogP contribution in [0.5, 0.6) is 5.75 Å². The van der Waals surface area contributed by atoms with Gasteiger partial charge < -0.3 is 19.5 Å². The molecule has 2 atom stereocenters. The Hall–Kier alpha value is -3.35. The first-order chi connectivity index (χ1) is 16.5. The van der Waals surface area contributed by atoms with E-state index in [1.54, 1.807) is 7.11 Å². The maximum absolute atomic E-state index is 6.32. The fourth-order valence-electron chi connectivity index (χ4n) is 4.86. The number of pyridine rings is 1. The molecule has 0 radical (unpaired) electrons. The molecule has 0 spiro atoms. The van der Waals surface area contributed by atoms with E-state index >= 15 is 0 Å². The average molecular weight is 489 g/mol. The highest BCUT2D eigenvalue weighted by Crippen LogP contribution is 2.46. The number of nitrogens with one attached hydrogen (secondary N) is 1. The molecule has 1 fully saturated rings. The van der Waals surface area contributed by atoms with E-state index < -0.39 is 0 Å². The summed E-state index contributed by atoms with van der Waals surface area (Å²) >= 11 is 12.2. The Kier molecular flexibility index (Phi) is 6.02. The third-order valence-electron chi connectivity index (χ3n) is 6.30. The van der Waals surface area contributed by atoms with Gasteiger partial charge in [0.05, 0.1) is 30.6 Å². The number of hydrogen-bond donors (Lipinski definition) is 1. The first-order valence-corrected chi connectivity index (χ1v) is 11.9. The van der Waals surface area contributed by atoms with Gasteiger partial charge in [-0.05, 0) is 80.2 Å². The lowest BCUT2D eigenvalue weighted by molar-refractivity contribution is 0.414. The number of benzene rings is 2. The van der Waals surface area contributed by atoms with Crippen LogP contribution in [0.2, 0.25) is 5.02 Å². The molecule has 2 aromatic carbocycles. The minimum Gasteiger partial charge on any atom is -0.495 e. The summed E-state index contributed by atoms with van der Waals surface area (Å²) in [6.07, 6.45) is 1.82. The lowest BCUT2D eigenvalue weighted by Gasteiger charge is -2.29. The van der Waals surface area contributed by atoms with Crippen LogP contribution in [-0.4, -0.2) is 21.8 Å². The number of hydrogen-bond acceptors (Lipinski definition) is 3. The van der Waals surface area contributed by atoms with Crippen molar-refractivity contribution in [2.75, 3.05) is 12.0 Å². The highest BCUT2D eigenvalue weighted by Gasteiger charge is 2.43. The summed E-state index contributed by atoms with van der Waals surface area (Å²) < 4.78 is 7.94. The van der Waals surface area contributed by atoms with Gasteiger partial charge in [0.1, 0.15) is 5.75 Å². The molecule has 0 bridgehead atoms. The number of rotatable bonds is 5. The van der Waals surface area contributed by atoms with E-state index in [9.17, 15) is 0 Å². The third-order valence-corrected chi connectivity index (χ3v) is 6.85. The van der Waals surface area contributed by atoms with Crippen LogP contribution in [0.1, 0.15) is 34.7 Å². The van der Waals surface area contributed by atoms with Crippen molar-refractivity contribution in [3.05, 3.63) is 107 Å². The van der Waals surface area contributed by atoms with E-state index in [0.717, 1.165) is 39.8 Å². The number of para-hydroxylation sites is 2. The SMILES string of the molecule is COc1ccccc1N1C(=S)N[C@@H](c2ccccn2)[C@@H]1c1cc(C)n(-c2cccc(Cl)c2)c1C. The lowest BCUT2D eigenvalue weighted by Crippen LogP contribution is -2.30. The molecule has 7 heteroatoms. The Balaban J connectivity index is 1.71. The molecule has 0 saturated carbocycles. The minimum absolute atomic E-state index is 0.127. The molecule has 2 aromatic heterocycles. The molecule has 172 valence electrons. The second-order valence-corrected chi connectivity index (χ2v) is 9.13. The van der Waals surface area contributed by atoms with E-state index in [1.807, 2.05) is 66.9 Å². The molecule has 34 heavy (non-hydrogen) atoms. The molecular formula is C27H25ClN4OS. The first-order valence-electron chi connectivity index (χ1n) is 11.1. The van der Waals surface area contributed by atoms with Crippen molar-refractivity contribution in [1.82, 2.24) is 14.9 Å². The second kappa shape index (κ2) is 9.12. The smallest absolute Gasteiger partial charge is 0.174 e. The molecule has 0 aliphatic carbocycles. The Labute approximate surface area is 210 Å². The Morgan fingerprint density at radius 3 is 2.53 bits per heavy atom. The zero-order chi connectivity index (χ0) is 23.8. The molecular weight excluding hydrogens is 464 g/mol. The van der Waals surface area contributed by atoms with E-state index in [2.05, 4.69) is 45.7 Å². The standard InChI is InChI=1S/C27H25ClN4OS/c1-17-15-21(18(2)31(17)20-10-8-9-19(28)16-20)26-25(22-11-6-7-14-29-22)30-27(34)32(26)23-12-4-5-13-24(23)33-3/h4-16,25-26H,1-3H3,(H,30,34)/t25-,26-/m0/s1. The summed E-state index contributed by atoms with van der Waals surface area (Å²) in [4.78, 5) is 6.82. The van der Waals surface area contributed by atoms with Crippen LogP contribution in [0.3, 0.4) is 0 Å². The second-order valence-electron chi connectivity index (χ2n) is 8.31. The van der Waals surface area contributed by atoms with Crippen molar-refractivity contribution in [2.45, 2.75) is 25.9 Å². The van der Waals surface area contributed by atoms with Crippen LogP contribution in [-0.2, 0) is 0 Å². The van der Waals surface area contributed by atoms with E-state index in [4.69, 9.17) is 28.6 Å². The van der Waals surface area contributed by atoms with Gasteiger partial charge in [0.25, 0.3) is 0 Å². The van der Waals surface area contributed by atoms with E-state index in [0.29, 0.717) is 10.1 Å². The zero-order valence-corrected chi connectivity index (χ0v) is 20.8. The summed E-state index contributed by atoms with van der Waals surface area (Å²) in [5.41, 5.74) is 6.27. The highest BCUT2D eigenvalue weighted by atomic mass is 35.5. The van der Waals surface area contributed by atoms with Crippen molar-refractivity contribution in [2.24, 2.45) is 0 Å². The number of aromatic nitrogens is 2. The molecule has 5 rings (SSSR count). The van der Waals surface area contributed by atoms with Gasteiger partial charge in [0.2, 0.25) is 0 Å². The van der Waals surface area contributed by atoms with Gasteiger partial charge in [-0.15, -0.1) is 0 Å². The van der Waals surface area contributed by atoms with Gasteiger partial charge >= 0.3 is 0 Å². The molecule has 1 aliphatic heterocycles. The Morgan fingerprint density at radius 2 is 1.79 bits per heavy atom. The number of methoxy groups -OCH3 is 1. The Bertz CT molecular complexity index is 1350. The molecule has 1 aliphatic rings. The summed E-state index contributed by atoms with van der Waals surface area (Å²) in [6.45, 7) is 4.25. The van der Waals surface area contributed by atoms with Crippen molar-refractivity contribution < 1.29 is 4.74 Å². The van der Waals surface area contributed by atoms with Gasteiger partial charge in [-0.2, -0.15) is 0 Å². The molecule has 3 heterocycles. The van der Waals surface area contributed by atoms with Gasteiger partial charge in [-0.1, -0.05) is 35.9 Å². The predicted molar refractivity (Wildman–Crippen MR) is 141 cm³/mol. The summed E-state index contributed by atoms with van der Waals surface area (Å²) in [6, 6.07) is 23.8. The molecule has 4 aromatic rings. The number of thiocarbonyl (C=S) groups is 1. The molecule has 0 amide bonds. The largest absolute Gasteiger partial charge is 0.495 e. The molecule has 5 nitrogen and oxygen atoms in total. The number of aryl methyl sites for hydroxylation is 1. The summed E-state index contributed by atoms with van der Waals surface area (Å²) in [5, 5.41) is 4.87. The summed E-state index contributed by atoms with van der Waals surface area (Å²) in [7, 11) is 1.68. The van der Waals surface area contributed by atoms with Crippen LogP contribution in [0.4, 0.5) is 5.69 Å². The fourth-order valence-corrected chi connectivity index (χ4v) is 5.38. The minimum atomic E-state index is -0.132. The maximum atomic E-state index is 6.32. The highest BCUT2D eigenvalue weighted by molar-refractivity contribution is 7.80. The van der Waals surface area contributed by atoms with Crippen molar-refractivity contribution in [3.8, 4) is 11.4 Å². The fraction of sp³-hybridized carbons (Fsp3) is 0.185. The lowest BCUT2D eigenvalue weighted by atomic mass is 9.96. The quantitative estimate of drug-likeness (QED) is 0.332. The number of ether oxygens (including phenoxy) is 1. The third kappa shape index (κ3) is 3.83. The number of nitrogens with zero attached hydrogens (tertiary/aromatic N) is 3. The van der Waals surface area contributed by atoms with Crippen molar-refractivity contribution in [1.29, 1.82) is 0 Å². The van der Waals surface area contributed by atoms with E-state index in [1.165, 1.54) is 0 Å². The summed E-state index contributed by atoms with van der Waals surface area (Å²) in [5.74, 6) is 0.766. The molecule has 1 saturated heterocycles. The van der Waals surface area contributed by atoms with Gasteiger partial charge in [0.15, 0.2) is 5.11 Å². The average Bonchev–Trinajstić information content (AvgIpc) is 3.34. The van der Waals surface area contributed by atoms with Gasteiger partial charge in [-0.25, -0.2) is 0 Å². The molecule has 1 N–H and O–H groups in total. The predicted octanol–water partition coefficient (Wildman–Crippen LogP) is 6.33. The monoisotopic (exact) mass is 488 g/mol. The van der Waals surface area contributed by atoms with Crippen LogP contribution < -0.4 is 15.0 Å². The van der Waals surface area contributed by atoms with Crippen LogP contribution in [0.15, 0.2) is 79.0 Å². The Morgan fingerprint density at radius 1 is 1.00 bits per heavy atom. The van der Waals surface area contributed by atoms with Crippen LogP contribution >= 0.6 is 23.8 Å². The number of halogens is 1.